The third-order valence-electron chi connectivity index (χ3n) is 5.03. The minimum atomic E-state index is -3.77. The van der Waals surface area contributed by atoms with Gasteiger partial charge in [-0.15, -0.1) is 0 Å². The lowest BCUT2D eigenvalue weighted by atomic mass is 10.2. The molecule has 3 aromatic rings. The predicted octanol–water partition coefficient (Wildman–Crippen LogP) is 3.37. The molecule has 0 unspecified atom stereocenters. The van der Waals surface area contributed by atoms with Gasteiger partial charge in [-0.3, -0.25) is 0 Å². The minimum absolute atomic E-state index is 0.0627. The summed E-state index contributed by atoms with van der Waals surface area (Å²) in [5, 5.41) is -0.735. The lowest BCUT2D eigenvalue weighted by molar-refractivity contribution is 0.309. The summed E-state index contributed by atoms with van der Waals surface area (Å²) in [5.41, 5.74) is 0.969. The second kappa shape index (κ2) is 7.90. The molecule has 4 rings (SSSR count). The zero-order valence-corrected chi connectivity index (χ0v) is 17.9. The van der Waals surface area contributed by atoms with E-state index in [0.717, 1.165) is 5.56 Å². The molecule has 0 radical (unpaired) electrons. The Morgan fingerprint density at radius 2 is 1.67 bits per heavy atom. The van der Waals surface area contributed by atoms with Crippen LogP contribution in [-0.2, 0) is 25.6 Å². The average Bonchev–Trinajstić information content (AvgIpc) is 3.14. The van der Waals surface area contributed by atoms with Gasteiger partial charge in [0, 0.05) is 13.1 Å². The Kier molecular flexibility index (Phi) is 5.44. The molecular formula is C21H21NO6S2. The lowest BCUT2D eigenvalue weighted by Crippen LogP contribution is -2.56. The van der Waals surface area contributed by atoms with Crippen LogP contribution < -0.4 is 4.74 Å². The fraction of sp³-hybridized carbons (Fsp3) is 0.238. The first-order chi connectivity index (χ1) is 14.3. The van der Waals surface area contributed by atoms with Gasteiger partial charge in [-0.2, -0.15) is 4.31 Å². The summed E-state index contributed by atoms with van der Waals surface area (Å²) in [6.45, 7) is 1.80. The number of furan rings is 1. The largest absolute Gasteiger partial charge is 0.468 e. The lowest BCUT2D eigenvalue weighted by Gasteiger charge is -2.37. The molecule has 1 fully saturated rings. The van der Waals surface area contributed by atoms with E-state index in [2.05, 4.69) is 0 Å². The molecule has 1 saturated heterocycles. The van der Waals surface area contributed by atoms with Crippen LogP contribution in [0.25, 0.3) is 0 Å². The van der Waals surface area contributed by atoms with E-state index >= 15 is 0 Å². The van der Waals surface area contributed by atoms with E-state index in [-0.39, 0.29) is 23.7 Å². The second-order valence-electron chi connectivity index (χ2n) is 7.17. The van der Waals surface area contributed by atoms with Gasteiger partial charge in [0.1, 0.15) is 23.0 Å². The van der Waals surface area contributed by atoms with Crippen LogP contribution in [0.4, 0.5) is 0 Å². The number of hydrogen-bond donors (Lipinski definition) is 0. The van der Waals surface area contributed by atoms with Crippen molar-refractivity contribution >= 4 is 19.9 Å². The van der Waals surface area contributed by atoms with Crippen molar-refractivity contribution in [3.63, 3.8) is 0 Å². The number of para-hydroxylation sites is 1. The van der Waals surface area contributed by atoms with Crippen LogP contribution in [0.3, 0.4) is 0 Å². The van der Waals surface area contributed by atoms with Crippen LogP contribution in [0.1, 0.15) is 11.3 Å². The van der Waals surface area contributed by atoms with E-state index < -0.39 is 25.1 Å². The number of ether oxygens (including phenoxy) is 1. The smallest absolute Gasteiger partial charge is 0.243 e. The van der Waals surface area contributed by atoms with Gasteiger partial charge in [-0.25, -0.2) is 16.8 Å². The molecule has 158 valence electrons. The number of nitrogens with zero attached hydrogens (tertiary/aromatic N) is 1. The Hall–Kier alpha value is -2.62. The summed E-state index contributed by atoms with van der Waals surface area (Å²) >= 11 is 0. The van der Waals surface area contributed by atoms with E-state index in [1.807, 2.05) is 31.2 Å². The maximum atomic E-state index is 12.8. The van der Waals surface area contributed by atoms with Crippen molar-refractivity contribution in [2.45, 2.75) is 22.8 Å². The Morgan fingerprint density at radius 1 is 0.967 bits per heavy atom. The molecule has 0 atom stereocenters. The van der Waals surface area contributed by atoms with Crippen molar-refractivity contribution in [1.82, 2.24) is 4.31 Å². The van der Waals surface area contributed by atoms with Crippen LogP contribution in [0.2, 0.25) is 0 Å². The van der Waals surface area contributed by atoms with Crippen LogP contribution in [0, 0.1) is 6.92 Å². The number of rotatable bonds is 7. The van der Waals surface area contributed by atoms with Gasteiger partial charge in [0.25, 0.3) is 0 Å². The van der Waals surface area contributed by atoms with Gasteiger partial charge >= 0.3 is 0 Å². The quantitative estimate of drug-likeness (QED) is 0.551. The van der Waals surface area contributed by atoms with E-state index in [1.54, 1.807) is 24.3 Å². The average molecular weight is 448 g/mol. The van der Waals surface area contributed by atoms with E-state index in [4.69, 9.17) is 9.15 Å². The fourth-order valence-corrected chi connectivity index (χ4v) is 6.49. The van der Waals surface area contributed by atoms with Crippen molar-refractivity contribution in [2.75, 3.05) is 13.1 Å². The van der Waals surface area contributed by atoms with Crippen molar-refractivity contribution in [3.05, 3.63) is 78.3 Å². The van der Waals surface area contributed by atoms with Crippen molar-refractivity contribution in [1.29, 1.82) is 0 Å². The molecule has 9 heteroatoms. The predicted molar refractivity (Wildman–Crippen MR) is 112 cm³/mol. The van der Waals surface area contributed by atoms with Gasteiger partial charge in [0.2, 0.25) is 10.0 Å². The zero-order valence-electron chi connectivity index (χ0n) is 16.3. The summed E-state index contributed by atoms with van der Waals surface area (Å²) in [6.07, 6.45) is 1.41. The molecule has 0 saturated carbocycles. The van der Waals surface area contributed by atoms with Gasteiger partial charge < -0.3 is 9.15 Å². The maximum absolute atomic E-state index is 12.8. The summed E-state index contributed by atoms with van der Waals surface area (Å²) < 4.78 is 62.5. The first-order valence-corrected chi connectivity index (χ1v) is 12.5. The summed E-state index contributed by atoms with van der Waals surface area (Å²) in [5.74, 6) is 1.33. The summed E-state index contributed by atoms with van der Waals surface area (Å²) in [4.78, 5) is 0.0986. The summed E-state index contributed by atoms with van der Waals surface area (Å²) in [7, 11) is -7.25. The molecule has 7 nitrogen and oxygen atoms in total. The molecule has 2 heterocycles. The van der Waals surface area contributed by atoms with Crippen molar-refractivity contribution < 1.29 is 26.0 Å². The number of benzene rings is 2. The SMILES string of the molecule is Cc1ccccc1Oc1ccc(S(=O)(=O)N2CC(S(=O)(=O)Cc3ccco3)C2)cc1. The maximum Gasteiger partial charge on any atom is 0.243 e. The number of hydrogen-bond acceptors (Lipinski definition) is 6. The molecule has 0 N–H and O–H groups in total. The standard InChI is InChI=1S/C21H21NO6S2/c1-16-5-2-3-7-21(16)28-17-8-10-19(11-9-17)30(25,26)22-13-20(14-22)29(23,24)15-18-6-4-12-27-18/h2-12,20H,13-15H2,1H3. The topological polar surface area (TPSA) is 93.9 Å². The third-order valence-corrected chi connectivity index (χ3v) is 8.88. The highest BCUT2D eigenvalue weighted by molar-refractivity contribution is 7.92. The molecule has 1 aliphatic heterocycles. The minimum Gasteiger partial charge on any atom is -0.468 e. The van der Waals surface area contributed by atoms with Gasteiger partial charge in [0.15, 0.2) is 9.84 Å². The normalized spacial score (nSPS) is 15.6. The van der Waals surface area contributed by atoms with Gasteiger partial charge in [0.05, 0.1) is 16.4 Å². The van der Waals surface area contributed by atoms with E-state index in [1.165, 1.54) is 22.7 Å². The highest BCUT2D eigenvalue weighted by Gasteiger charge is 2.43. The molecule has 2 aromatic carbocycles. The number of aryl methyl sites for hydroxylation is 1. The Morgan fingerprint density at radius 3 is 2.30 bits per heavy atom. The van der Waals surface area contributed by atoms with Crippen LogP contribution in [-0.4, -0.2) is 39.5 Å². The molecular weight excluding hydrogens is 426 g/mol. The summed E-state index contributed by atoms with van der Waals surface area (Å²) in [6, 6.07) is 16.8. The van der Waals surface area contributed by atoms with Crippen molar-refractivity contribution in [3.8, 4) is 11.5 Å². The van der Waals surface area contributed by atoms with E-state index in [9.17, 15) is 16.8 Å². The van der Waals surface area contributed by atoms with Gasteiger partial charge in [-0.1, -0.05) is 18.2 Å². The fourth-order valence-electron chi connectivity index (χ4n) is 3.16. The zero-order chi connectivity index (χ0) is 21.4. The molecule has 0 amide bonds. The van der Waals surface area contributed by atoms with Crippen LogP contribution in [0.15, 0.2) is 76.2 Å². The first kappa shape index (κ1) is 20.6. The van der Waals surface area contributed by atoms with Crippen LogP contribution >= 0.6 is 0 Å². The molecule has 1 aliphatic rings. The highest BCUT2D eigenvalue weighted by Crippen LogP contribution is 2.29. The first-order valence-electron chi connectivity index (χ1n) is 9.33. The molecule has 0 aliphatic carbocycles. The Bertz CT molecular complexity index is 1230. The number of sulfone groups is 1. The molecule has 0 bridgehead atoms. The monoisotopic (exact) mass is 447 g/mol. The van der Waals surface area contributed by atoms with Crippen LogP contribution in [0.5, 0.6) is 11.5 Å². The van der Waals surface area contributed by atoms with E-state index in [0.29, 0.717) is 17.3 Å². The van der Waals surface area contributed by atoms with Crippen molar-refractivity contribution in [2.24, 2.45) is 0 Å². The Labute approximate surface area is 175 Å². The Balaban J connectivity index is 1.41. The molecule has 1 aromatic heterocycles. The number of sulfonamides is 1. The molecule has 30 heavy (non-hydrogen) atoms. The highest BCUT2D eigenvalue weighted by atomic mass is 32.2. The molecule has 0 spiro atoms. The van der Waals surface area contributed by atoms with Gasteiger partial charge in [-0.05, 0) is 55.0 Å². The second-order valence-corrected chi connectivity index (χ2v) is 11.4. The third kappa shape index (κ3) is 4.14.